The minimum Gasteiger partial charge on any atom is -0.383 e. The minimum atomic E-state index is -0.425. The Labute approximate surface area is 169 Å². The molecule has 0 bridgehead atoms. The molecular formula is C22H26N4O3. The van der Waals surface area contributed by atoms with Gasteiger partial charge in [-0.2, -0.15) is 0 Å². The first-order valence-corrected chi connectivity index (χ1v) is 9.68. The first-order chi connectivity index (χ1) is 14.1. The Morgan fingerprint density at radius 1 is 1.17 bits per heavy atom. The molecule has 0 radical (unpaired) electrons. The highest BCUT2D eigenvalue weighted by atomic mass is 16.5. The largest absolute Gasteiger partial charge is 0.383 e. The number of hydrogen-bond donors (Lipinski definition) is 1. The van der Waals surface area contributed by atoms with E-state index in [0.29, 0.717) is 42.1 Å². The van der Waals surface area contributed by atoms with E-state index in [1.165, 1.54) is 0 Å². The lowest BCUT2D eigenvalue weighted by Gasteiger charge is -2.30. The normalized spacial score (nSPS) is 12.0. The van der Waals surface area contributed by atoms with Crippen LogP contribution in [0.5, 0.6) is 0 Å². The molecule has 2 aromatic carbocycles. The fourth-order valence-electron chi connectivity index (χ4n) is 3.33. The summed E-state index contributed by atoms with van der Waals surface area (Å²) in [5.41, 5.74) is 1.22. The molecule has 1 aromatic heterocycles. The molecule has 1 N–H and O–H groups in total. The van der Waals surface area contributed by atoms with Gasteiger partial charge in [0.15, 0.2) is 0 Å². The average Bonchev–Trinajstić information content (AvgIpc) is 2.74. The fraction of sp³-hybridized carbons (Fsp3) is 0.318. The van der Waals surface area contributed by atoms with Crippen LogP contribution in [-0.4, -0.2) is 40.7 Å². The van der Waals surface area contributed by atoms with E-state index in [4.69, 9.17) is 9.72 Å². The molecule has 1 unspecified atom stereocenters. The lowest BCUT2D eigenvalue weighted by molar-refractivity contribution is 0.136. The smallest absolute Gasteiger partial charge is 0.322 e. The number of nitrogens with zero attached hydrogens (tertiary/aromatic N) is 3. The van der Waals surface area contributed by atoms with Gasteiger partial charge in [0.1, 0.15) is 5.82 Å². The van der Waals surface area contributed by atoms with Crippen LogP contribution < -0.4 is 10.9 Å². The van der Waals surface area contributed by atoms with Crippen molar-refractivity contribution in [2.24, 2.45) is 0 Å². The van der Waals surface area contributed by atoms with Crippen molar-refractivity contribution in [3.05, 3.63) is 70.8 Å². The molecule has 1 atom stereocenters. The number of fused-ring (bicyclic) bond motifs is 1. The van der Waals surface area contributed by atoms with Gasteiger partial charge in [-0.3, -0.25) is 9.36 Å². The molecule has 7 nitrogen and oxygen atoms in total. The molecule has 0 spiro atoms. The van der Waals surface area contributed by atoms with Crippen molar-refractivity contribution in [3.8, 4) is 0 Å². The van der Waals surface area contributed by atoms with E-state index in [2.05, 4.69) is 5.32 Å². The van der Waals surface area contributed by atoms with E-state index in [-0.39, 0.29) is 11.6 Å². The third kappa shape index (κ3) is 4.46. The summed E-state index contributed by atoms with van der Waals surface area (Å²) < 4.78 is 6.83. The number of amides is 2. The van der Waals surface area contributed by atoms with Crippen molar-refractivity contribution in [1.29, 1.82) is 0 Å². The second kappa shape index (κ2) is 9.34. The number of anilines is 1. The maximum absolute atomic E-state index is 13.0. The summed E-state index contributed by atoms with van der Waals surface area (Å²) in [6, 6.07) is 15.8. The van der Waals surface area contributed by atoms with Crippen molar-refractivity contribution in [2.75, 3.05) is 25.6 Å². The van der Waals surface area contributed by atoms with Crippen molar-refractivity contribution in [1.82, 2.24) is 14.5 Å². The Bertz CT molecular complexity index is 1030. The number of nitrogens with one attached hydrogen (secondary N) is 1. The minimum absolute atomic E-state index is 0.102. The van der Waals surface area contributed by atoms with Gasteiger partial charge in [-0.05, 0) is 38.1 Å². The molecule has 0 aliphatic rings. The van der Waals surface area contributed by atoms with Gasteiger partial charge in [-0.15, -0.1) is 0 Å². The predicted molar refractivity (Wildman–Crippen MR) is 114 cm³/mol. The molecule has 1 heterocycles. The quantitative estimate of drug-likeness (QED) is 0.664. The number of para-hydroxylation sites is 2. The number of carbonyl (C=O) groups is 1. The lowest BCUT2D eigenvalue weighted by atomic mass is 10.2. The van der Waals surface area contributed by atoms with Gasteiger partial charge >= 0.3 is 6.03 Å². The van der Waals surface area contributed by atoms with Crippen molar-refractivity contribution >= 4 is 22.6 Å². The molecule has 0 aliphatic carbocycles. The highest BCUT2D eigenvalue weighted by Gasteiger charge is 2.26. The van der Waals surface area contributed by atoms with Crippen LogP contribution in [-0.2, 0) is 11.3 Å². The summed E-state index contributed by atoms with van der Waals surface area (Å²) in [4.78, 5) is 32.4. The molecule has 3 rings (SSSR count). The third-order valence-corrected chi connectivity index (χ3v) is 4.87. The summed E-state index contributed by atoms with van der Waals surface area (Å²) in [7, 11) is 1.59. The SMILES string of the molecule is CCn1c(C(C)N(CCOC)C(=O)Nc2ccccc2)nc2ccccc2c1=O. The van der Waals surface area contributed by atoms with Crippen LogP contribution in [0.1, 0.15) is 25.7 Å². The second-order valence-corrected chi connectivity index (χ2v) is 6.69. The lowest BCUT2D eigenvalue weighted by Crippen LogP contribution is -2.41. The van der Waals surface area contributed by atoms with E-state index in [1.54, 1.807) is 22.6 Å². The number of hydrogen-bond acceptors (Lipinski definition) is 4. The fourth-order valence-corrected chi connectivity index (χ4v) is 3.33. The van der Waals surface area contributed by atoms with Gasteiger partial charge in [0, 0.05) is 25.9 Å². The van der Waals surface area contributed by atoms with Gasteiger partial charge in [-0.25, -0.2) is 9.78 Å². The number of urea groups is 1. The van der Waals surface area contributed by atoms with Crippen LogP contribution >= 0.6 is 0 Å². The summed E-state index contributed by atoms with van der Waals surface area (Å²) in [5.74, 6) is 0.551. The number of rotatable bonds is 7. The Kier molecular flexibility index (Phi) is 6.61. The summed E-state index contributed by atoms with van der Waals surface area (Å²) >= 11 is 0. The molecule has 0 saturated carbocycles. The number of ether oxygens (including phenoxy) is 1. The zero-order valence-electron chi connectivity index (χ0n) is 17.0. The van der Waals surface area contributed by atoms with E-state index in [1.807, 2.05) is 62.4 Å². The van der Waals surface area contributed by atoms with Crippen LogP contribution in [0.15, 0.2) is 59.4 Å². The van der Waals surface area contributed by atoms with Crippen LogP contribution in [0.25, 0.3) is 10.9 Å². The van der Waals surface area contributed by atoms with E-state index in [9.17, 15) is 9.59 Å². The Hall–Kier alpha value is -3.19. The summed E-state index contributed by atoms with van der Waals surface area (Å²) in [5, 5.41) is 3.48. The van der Waals surface area contributed by atoms with Gasteiger partial charge in [0.05, 0.1) is 23.6 Å². The molecule has 7 heteroatoms. The second-order valence-electron chi connectivity index (χ2n) is 6.69. The van der Waals surface area contributed by atoms with Crippen molar-refractivity contribution in [3.63, 3.8) is 0 Å². The standard InChI is InChI=1S/C22H26N4O3/c1-4-25-20(24-19-13-9-8-12-18(19)21(25)27)16(2)26(14-15-29-3)22(28)23-17-10-6-5-7-11-17/h5-13,16H,4,14-15H2,1-3H3,(H,23,28). The topological polar surface area (TPSA) is 76.5 Å². The maximum Gasteiger partial charge on any atom is 0.322 e. The number of aromatic nitrogens is 2. The van der Waals surface area contributed by atoms with Crippen LogP contribution in [0, 0.1) is 0 Å². The van der Waals surface area contributed by atoms with Gasteiger partial charge in [-0.1, -0.05) is 30.3 Å². The molecular weight excluding hydrogens is 368 g/mol. The van der Waals surface area contributed by atoms with E-state index >= 15 is 0 Å². The first-order valence-electron chi connectivity index (χ1n) is 9.68. The zero-order valence-corrected chi connectivity index (χ0v) is 17.0. The number of methoxy groups -OCH3 is 1. The number of benzene rings is 2. The third-order valence-electron chi connectivity index (χ3n) is 4.87. The molecule has 152 valence electrons. The Morgan fingerprint density at radius 2 is 1.86 bits per heavy atom. The highest BCUT2D eigenvalue weighted by Crippen LogP contribution is 2.21. The van der Waals surface area contributed by atoms with E-state index < -0.39 is 6.04 Å². The van der Waals surface area contributed by atoms with Gasteiger partial charge in [0.25, 0.3) is 5.56 Å². The molecule has 29 heavy (non-hydrogen) atoms. The molecule has 0 saturated heterocycles. The van der Waals surface area contributed by atoms with Crippen LogP contribution in [0.4, 0.5) is 10.5 Å². The van der Waals surface area contributed by atoms with Crippen molar-refractivity contribution < 1.29 is 9.53 Å². The monoisotopic (exact) mass is 394 g/mol. The molecule has 0 fully saturated rings. The zero-order chi connectivity index (χ0) is 20.8. The summed E-state index contributed by atoms with van der Waals surface area (Å²) in [6.45, 7) is 4.98. The van der Waals surface area contributed by atoms with Crippen molar-refractivity contribution in [2.45, 2.75) is 26.4 Å². The average molecular weight is 394 g/mol. The van der Waals surface area contributed by atoms with Gasteiger partial charge in [0.2, 0.25) is 0 Å². The molecule has 0 aliphatic heterocycles. The Morgan fingerprint density at radius 3 is 2.55 bits per heavy atom. The summed E-state index contributed by atoms with van der Waals surface area (Å²) in [6.07, 6.45) is 0. The van der Waals surface area contributed by atoms with E-state index in [0.717, 1.165) is 0 Å². The molecule has 3 aromatic rings. The van der Waals surface area contributed by atoms with Crippen LogP contribution in [0.3, 0.4) is 0 Å². The highest BCUT2D eigenvalue weighted by molar-refractivity contribution is 5.89. The first kappa shape index (κ1) is 20.5. The molecule has 2 amide bonds. The predicted octanol–water partition coefficient (Wildman–Crippen LogP) is 3.66. The Balaban J connectivity index is 2.00. The van der Waals surface area contributed by atoms with Gasteiger partial charge < -0.3 is 15.0 Å². The number of carbonyl (C=O) groups excluding carboxylic acids is 1. The maximum atomic E-state index is 13.0. The van der Waals surface area contributed by atoms with Crippen LogP contribution in [0.2, 0.25) is 0 Å².